The number of benzene rings is 4. The number of amides is 2. The third kappa shape index (κ3) is 5.15. The fourth-order valence-electron chi connectivity index (χ4n) is 5.02. The fourth-order valence-corrected chi connectivity index (χ4v) is 5.02. The number of carbonyl (C=O) groups is 1. The van der Waals surface area contributed by atoms with Crippen molar-refractivity contribution < 1.29 is 4.79 Å². The zero-order valence-electron chi connectivity index (χ0n) is 22.9. The van der Waals surface area contributed by atoms with Crippen molar-refractivity contribution in [3.63, 3.8) is 0 Å². The molecule has 0 saturated carbocycles. The second-order valence-electron chi connectivity index (χ2n) is 10.2. The lowest BCUT2D eigenvalue weighted by Crippen LogP contribution is -2.42. The highest BCUT2D eigenvalue weighted by Gasteiger charge is 2.28. The molecule has 2 unspecified atom stereocenters. The van der Waals surface area contributed by atoms with E-state index >= 15 is 0 Å². The maximum Gasteiger partial charge on any atom is 0.322 e. The number of aromatic nitrogens is 2. The first-order valence-corrected chi connectivity index (χ1v) is 13.5. The highest BCUT2D eigenvalue weighted by Crippen LogP contribution is 2.28. The molecule has 2 atom stereocenters. The van der Waals surface area contributed by atoms with E-state index in [1.165, 1.54) is 0 Å². The third-order valence-electron chi connectivity index (χ3n) is 7.50. The summed E-state index contributed by atoms with van der Waals surface area (Å²) in [5, 5.41) is 5.74. The first kappa shape index (κ1) is 26.2. The van der Waals surface area contributed by atoms with Gasteiger partial charge >= 0.3 is 6.03 Å². The van der Waals surface area contributed by atoms with Gasteiger partial charge in [0.05, 0.1) is 28.3 Å². The van der Waals surface area contributed by atoms with Crippen molar-refractivity contribution in [1.29, 1.82) is 0 Å². The van der Waals surface area contributed by atoms with Gasteiger partial charge in [0.2, 0.25) is 0 Å². The second-order valence-corrected chi connectivity index (χ2v) is 10.2. The van der Waals surface area contributed by atoms with Crippen LogP contribution in [0, 0.1) is 12.8 Å². The molecule has 0 spiro atoms. The predicted molar refractivity (Wildman–Crippen MR) is 160 cm³/mol. The summed E-state index contributed by atoms with van der Waals surface area (Å²) < 4.78 is 1.68. The Bertz CT molecular complexity index is 1700. The van der Waals surface area contributed by atoms with Gasteiger partial charge in [-0.3, -0.25) is 9.36 Å². The van der Waals surface area contributed by atoms with Crippen molar-refractivity contribution >= 4 is 33.4 Å². The number of hydrogen-bond acceptors (Lipinski definition) is 3. The van der Waals surface area contributed by atoms with Gasteiger partial charge in [-0.2, -0.15) is 0 Å². The van der Waals surface area contributed by atoms with Gasteiger partial charge in [-0.1, -0.05) is 87.0 Å². The van der Waals surface area contributed by atoms with E-state index in [0.29, 0.717) is 23.3 Å². The molecule has 0 radical (unpaired) electrons. The van der Waals surface area contributed by atoms with Crippen molar-refractivity contribution in [2.75, 3.05) is 11.9 Å². The number of para-hydroxylation sites is 2. The van der Waals surface area contributed by atoms with E-state index in [0.717, 1.165) is 34.1 Å². The van der Waals surface area contributed by atoms with Crippen LogP contribution >= 0.6 is 0 Å². The minimum absolute atomic E-state index is 0.144. The Morgan fingerprint density at radius 1 is 0.897 bits per heavy atom. The monoisotopic (exact) mass is 518 g/mol. The Morgan fingerprint density at radius 2 is 1.56 bits per heavy atom. The highest BCUT2D eigenvalue weighted by molar-refractivity contribution is 6.01. The van der Waals surface area contributed by atoms with Gasteiger partial charge in [0.15, 0.2) is 0 Å². The van der Waals surface area contributed by atoms with Crippen molar-refractivity contribution in [3.05, 3.63) is 113 Å². The molecule has 0 aliphatic rings. The first-order valence-electron chi connectivity index (χ1n) is 13.5. The number of fused-ring (bicyclic) bond motifs is 2. The van der Waals surface area contributed by atoms with Crippen LogP contribution in [0.5, 0.6) is 0 Å². The predicted octanol–water partition coefficient (Wildman–Crippen LogP) is 7.49. The number of urea groups is 1. The van der Waals surface area contributed by atoms with E-state index in [-0.39, 0.29) is 17.5 Å². The summed E-state index contributed by atoms with van der Waals surface area (Å²) in [6, 6.07) is 28.4. The Morgan fingerprint density at radius 3 is 2.33 bits per heavy atom. The van der Waals surface area contributed by atoms with Gasteiger partial charge in [0, 0.05) is 11.9 Å². The SMILES string of the molecule is CCC(C)CN(C(=O)Nc1cccc2ccccc12)C(C)c1nc2ccccc2c(=O)n1-c1ccccc1C. The molecule has 1 heterocycles. The molecule has 39 heavy (non-hydrogen) atoms. The topological polar surface area (TPSA) is 67.2 Å². The highest BCUT2D eigenvalue weighted by atomic mass is 16.2. The molecule has 5 aromatic rings. The van der Waals surface area contributed by atoms with Gasteiger partial charge in [-0.15, -0.1) is 0 Å². The zero-order chi connectivity index (χ0) is 27.5. The molecule has 1 aromatic heterocycles. The average Bonchev–Trinajstić information content (AvgIpc) is 2.96. The summed E-state index contributed by atoms with van der Waals surface area (Å²) in [5.74, 6) is 0.786. The average molecular weight is 519 g/mol. The number of nitrogens with zero attached hydrogens (tertiary/aromatic N) is 3. The molecule has 0 saturated heterocycles. The van der Waals surface area contributed by atoms with E-state index in [2.05, 4.69) is 19.2 Å². The third-order valence-corrected chi connectivity index (χ3v) is 7.50. The summed E-state index contributed by atoms with van der Waals surface area (Å²) in [7, 11) is 0. The molecule has 1 N–H and O–H groups in total. The van der Waals surface area contributed by atoms with Crippen LogP contribution in [-0.2, 0) is 0 Å². The van der Waals surface area contributed by atoms with E-state index in [1.54, 1.807) is 15.5 Å². The minimum atomic E-state index is -0.481. The largest absolute Gasteiger partial charge is 0.322 e. The summed E-state index contributed by atoms with van der Waals surface area (Å²) in [6.45, 7) is 8.71. The lowest BCUT2D eigenvalue weighted by molar-refractivity contribution is 0.176. The van der Waals surface area contributed by atoms with Crippen LogP contribution < -0.4 is 10.9 Å². The molecular weight excluding hydrogens is 484 g/mol. The van der Waals surface area contributed by atoms with Gasteiger partial charge in [0.1, 0.15) is 5.82 Å². The van der Waals surface area contributed by atoms with Gasteiger partial charge in [-0.05, 0) is 55.0 Å². The van der Waals surface area contributed by atoms with Gasteiger partial charge in [-0.25, -0.2) is 9.78 Å². The Hall–Kier alpha value is -4.45. The maximum atomic E-state index is 14.0. The molecule has 0 fully saturated rings. The molecule has 6 nitrogen and oxygen atoms in total. The lowest BCUT2D eigenvalue weighted by atomic mass is 10.1. The molecule has 0 bridgehead atoms. The quantitative estimate of drug-likeness (QED) is 0.243. The molecule has 4 aromatic carbocycles. The Labute approximate surface area is 228 Å². The van der Waals surface area contributed by atoms with E-state index in [1.807, 2.05) is 98.8 Å². The van der Waals surface area contributed by atoms with Crippen LogP contribution in [0.2, 0.25) is 0 Å². The summed E-state index contributed by atoms with van der Waals surface area (Å²) in [5.41, 5.74) is 2.95. The molecular formula is C33H34N4O2. The minimum Gasteiger partial charge on any atom is -0.314 e. The van der Waals surface area contributed by atoms with Crippen LogP contribution in [0.4, 0.5) is 10.5 Å². The Kier molecular flexibility index (Phi) is 7.46. The van der Waals surface area contributed by atoms with E-state index < -0.39 is 6.04 Å². The molecule has 0 aliphatic heterocycles. The normalized spacial score (nSPS) is 12.8. The van der Waals surface area contributed by atoms with Crippen molar-refractivity contribution in [3.8, 4) is 5.69 Å². The molecule has 2 amide bonds. The van der Waals surface area contributed by atoms with Crippen LogP contribution in [0.3, 0.4) is 0 Å². The van der Waals surface area contributed by atoms with Gasteiger partial charge < -0.3 is 10.2 Å². The molecule has 6 heteroatoms. The summed E-state index contributed by atoms with van der Waals surface area (Å²) in [6.07, 6.45) is 0.917. The first-order chi connectivity index (χ1) is 18.9. The molecule has 198 valence electrons. The van der Waals surface area contributed by atoms with Crippen LogP contribution in [0.1, 0.15) is 44.6 Å². The number of aryl methyl sites for hydroxylation is 1. The molecule has 5 rings (SSSR count). The summed E-state index contributed by atoms with van der Waals surface area (Å²) in [4.78, 5) is 34.7. The van der Waals surface area contributed by atoms with Crippen molar-refractivity contribution in [1.82, 2.24) is 14.5 Å². The zero-order valence-corrected chi connectivity index (χ0v) is 22.9. The summed E-state index contributed by atoms with van der Waals surface area (Å²) >= 11 is 0. The number of carbonyl (C=O) groups excluding carboxylic acids is 1. The fraction of sp³-hybridized carbons (Fsp3) is 0.242. The van der Waals surface area contributed by atoms with Gasteiger partial charge in [0.25, 0.3) is 5.56 Å². The van der Waals surface area contributed by atoms with E-state index in [9.17, 15) is 9.59 Å². The number of nitrogens with one attached hydrogen (secondary N) is 1. The number of anilines is 1. The van der Waals surface area contributed by atoms with Crippen LogP contribution in [0.25, 0.3) is 27.4 Å². The maximum absolute atomic E-state index is 14.0. The standard InChI is InChI=1S/C33H34N4O2/c1-5-22(2)21-36(33(39)35-28-19-12-15-25-14-7-8-16-26(25)28)24(4)31-34-29-18-10-9-17-27(29)32(38)37(31)30-20-11-6-13-23(30)3/h6-20,22,24H,5,21H2,1-4H3,(H,35,39). The Balaban J connectivity index is 1.64. The molecule has 0 aliphatic carbocycles. The second kappa shape index (κ2) is 11.1. The van der Waals surface area contributed by atoms with Crippen molar-refractivity contribution in [2.45, 2.75) is 40.2 Å². The van der Waals surface area contributed by atoms with Crippen LogP contribution in [-0.4, -0.2) is 27.0 Å². The lowest BCUT2D eigenvalue weighted by Gasteiger charge is -2.32. The van der Waals surface area contributed by atoms with Crippen molar-refractivity contribution in [2.24, 2.45) is 5.92 Å². The number of hydrogen-bond donors (Lipinski definition) is 1. The van der Waals surface area contributed by atoms with E-state index in [4.69, 9.17) is 4.98 Å². The van der Waals surface area contributed by atoms with Crippen LogP contribution in [0.15, 0.2) is 95.8 Å². The smallest absolute Gasteiger partial charge is 0.314 e. The number of rotatable bonds is 7.